The van der Waals surface area contributed by atoms with Gasteiger partial charge in [0, 0.05) is 17.1 Å². The van der Waals surface area contributed by atoms with Gasteiger partial charge in [-0.15, -0.1) is 11.3 Å². The highest BCUT2D eigenvalue weighted by Crippen LogP contribution is 2.57. The molecular weight excluding hydrogens is 280 g/mol. The van der Waals surface area contributed by atoms with Gasteiger partial charge in [-0.3, -0.25) is 4.79 Å². The van der Waals surface area contributed by atoms with Crippen molar-refractivity contribution in [3.8, 4) is 0 Å². The van der Waals surface area contributed by atoms with Crippen LogP contribution in [-0.2, 0) is 16.6 Å². The van der Waals surface area contributed by atoms with Gasteiger partial charge in [-0.1, -0.05) is 24.3 Å². The van der Waals surface area contributed by atoms with E-state index < -0.39 is 0 Å². The molecule has 1 saturated carbocycles. The molecular formula is C17H18N2OS. The van der Waals surface area contributed by atoms with Gasteiger partial charge in [0.15, 0.2) is 0 Å². The monoisotopic (exact) mass is 298 g/mol. The summed E-state index contributed by atoms with van der Waals surface area (Å²) in [5.41, 5.74) is 7.88. The number of anilines is 1. The second-order valence-electron chi connectivity index (χ2n) is 5.92. The van der Waals surface area contributed by atoms with Gasteiger partial charge in [-0.25, -0.2) is 0 Å². The van der Waals surface area contributed by atoms with Gasteiger partial charge in [-0.05, 0) is 48.4 Å². The average Bonchev–Trinajstić information content (AvgIpc) is 2.91. The lowest BCUT2D eigenvalue weighted by atomic mass is 9.99. The van der Waals surface area contributed by atoms with E-state index in [-0.39, 0.29) is 17.2 Å². The zero-order valence-electron chi connectivity index (χ0n) is 11.8. The molecule has 2 aromatic rings. The first-order valence-electron chi connectivity index (χ1n) is 7.41. The molecule has 4 heteroatoms. The maximum absolute atomic E-state index is 13.2. The molecule has 1 aromatic carbocycles. The molecule has 0 spiro atoms. The quantitative estimate of drug-likeness (QED) is 0.946. The summed E-state index contributed by atoms with van der Waals surface area (Å²) in [7, 11) is 0. The molecule has 0 radical (unpaired) electrons. The molecule has 108 valence electrons. The Hall–Kier alpha value is -1.65. The van der Waals surface area contributed by atoms with Gasteiger partial charge in [0.05, 0.1) is 5.41 Å². The van der Waals surface area contributed by atoms with E-state index >= 15 is 0 Å². The maximum atomic E-state index is 13.2. The van der Waals surface area contributed by atoms with Crippen molar-refractivity contribution in [1.82, 2.24) is 0 Å². The van der Waals surface area contributed by atoms with E-state index in [4.69, 9.17) is 5.73 Å². The van der Waals surface area contributed by atoms with Crippen molar-refractivity contribution >= 4 is 22.9 Å². The number of carbonyl (C=O) groups excluding carboxylic acids is 1. The Bertz CT molecular complexity index is 682. The predicted octanol–water partition coefficient (Wildman–Crippen LogP) is 2.55. The van der Waals surface area contributed by atoms with Crippen molar-refractivity contribution in [2.24, 2.45) is 11.7 Å². The van der Waals surface area contributed by atoms with Crippen LogP contribution >= 0.6 is 11.3 Å². The number of nitrogens with two attached hydrogens (primary N) is 1. The van der Waals surface area contributed by atoms with Crippen LogP contribution in [0.4, 0.5) is 5.69 Å². The van der Waals surface area contributed by atoms with Crippen LogP contribution < -0.4 is 10.6 Å². The SMILES string of the molecule is NC[C@@H]1C[C@@]1(C(=O)N1CCc2ccccc21)c1cccs1. The van der Waals surface area contributed by atoms with Crippen LogP contribution in [0.1, 0.15) is 16.9 Å². The topological polar surface area (TPSA) is 46.3 Å². The minimum Gasteiger partial charge on any atom is -0.330 e. The lowest BCUT2D eigenvalue weighted by Crippen LogP contribution is -2.39. The lowest BCUT2D eigenvalue weighted by molar-refractivity contribution is -0.121. The van der Waals surface area contributed by atoms with Gasteiger partial charge in [0.25, 0.3) is 0 Å². The fourth-order valence-electron chi connectivity index (χ4n) is 3.61. The smallest absolute Gasteiger partial charge is 0.238 e. The van der Waals surface area contributed by atoms with Gasteiger partial charge in [-0.2, -0.15) is 0 Å². The van der Waals surface area contributed by atoms with Crippen LogP contribution in [0.5, 0.6) is 0 Å². The number of fused-ring (bicyclic) bond motifs is 1. The maximum Gasteiger partial charge on any atom is 0.238 e. The molecule has 0 saturated heterocycles. The molecule has 1 aliphatic heterocycles. The Balaban J connectivity index is 1.72. The summed E-state index contributed by atoms with van der Waals surface area (Å²) in [4.78, 5) is 16.4. The van der Waals surface area contributed by atoms with Crippen LogP contribution in [0.25, 0.3) is 0 Å². The van der Waals surface area contributed by atoms with E-state index in [2.05, 4.69) is 18.2 Å². The highest BCUT2D eigenvalue weighted by molar-refractivity contribution is 7.10. The number of nitrogens with zero attached hydrogens (tertiary/aromatic N) is 1. The molecule has 21 heavy (non-hydrogen) atoms. The Morgan fingerprint density at radius 2 is 2.19 bits per heavy atom. The van der Waals surface area contributed by atoms with Crippen LogP contribution in [0, 0.1) is 5.92 Å². The fourth-order valence-corrected chi connectivity index (χ4v) is 4.61. The van der Waals surface area contributed by atoms with E-state index in [0.29, 0.717) is 6.54 Å². The van der Waals surface area contributed by atoms with Crippen LogP contribution in [0.3, 0.4) is 0 Å². The number of carbonyl (C=O) groups is 1. The number of para-hydroxylation sites is 1. The molecule has 0 unspecified atom stereocenters. The summed E-state index contributed by atoms with van der Waals surface area (Å²) in [6, 6.07) is 12.3. The summed E-state index contributed by atoms with van der Waals surface area (Å²) in [6.07, 6.45) is 1.84. The summed E-state index contributed by atoms with van der Waals surface area (Å²) in [6.45, 7) is 1.38. The van der Waals surface area contributed by atoms with Gasteiger partial charge < -0.3 is 10.6 Å². The molecule has 3 nitrogen and oxygen atoms in total. The first kappa shape index (κ1) is 13.0. The Kier molecular flexibility index (Phi) is 2.91. The summed E-state index contributed by atoms with van der Waals surface area (Å²) < 4.78 is 0. The molecule has 1 aromatic heterocycles. The Morgan fingerprint density at radius 3 is 2.90 bits per heavy atom. The number of hydrogen-bond acceptors (Lipinski definition) is 3. The molecule has 2 N–H and O–H groups in total. The second kappa shape index (κ2) is 4.68. The number of rotatable bonds is 3. The van der Waals surface area contributed by atoms with E-state index in [0.717, 1.165) is 25.1 Å². The third-order valence-corrected chi connectivity index (χ3v) is 5.91. The highest BCUT2D eigenvalue weighted by atomic mass is 32.1. The van der Waals surface area contributed by atoms with Gasteiger partial charge in [0.2, 0.25) is 5.91 Å². The third kappa shape index (κ3) is 1.79. The van der Waals surface area contributed by atoms with Crippen molar-refractivity contribution in [3.05, 3.63) is 52.2 Å². The minimum atomic E-state index is -0.361. The summed E-state index contributed by atoms with van der Waals surface area (Å²) in [5.74, 6) is 0.529. The molecule has 1 aliphatic carbocycles. The predicted molar refractivity (Wildman–Crippen MR) is 85.7 cm³/mol. The van der Waals surface area contributed by atoms with Crippen molar-refractivity contribution in [3.63, 3.8) is 0 Å². The first-order valence-corrected chi connectivity index (χ1v) is 8.29. The molecule has 2 aliphatic rings. The fraction of sp³-hybridized carbons (Fsp3) is 0.353. The Morgan fingerprint density at radius 1 is 1.33 bits per heavy atom. The summed E-state index contributed by atoms with van der Waals surface area (Å²) in [5, 5.41) is 2.05. The standard InChI is InChI=1S/C17H18N2OS/c18-11-13-10-17(13,15-6-3-9-21-15)16(20)19-8-7-12-4-1-2-5-14(12)19/h1-6,9,13H,7-8,10-11,18H2/t13-,17-/m0/s1. The molecule has 1 amide bonds. The van der Waals surface area contributed by atoms with E-state index in [1.807, 2.05) is 28.5 Å². The van der Waals surface area contributed by atoms with Crippen molar-refractivity contribution in [1.29, 1.82) is 0 Å². The number of thiophene rings is 1. The van der Waals surface area contributed by atoms with E-state index in [9.17, 15) is 4.79 Å². The number of benzene rings is 1. The molecule has 1 fully saturated rings. The van der Waals surface area contributed by atoms with E-state index in [1.165, 1.54) is 10.4 Å². The van der Waals surface area contributed by atoms with E-state index in [1.54, 1.807) is 11.3 Å². The van der Waals surface area contributed by atoms with Crippen molar-refractivity contribution < 1.29 is 4.79 Å². The number of hydrogen-bond donors (Lipinski definition) is 1. The molecule has 2 heterocycles. The zero-order valence-corrected chi connectivity index (χ0v) is 12.6. The molecule has 0 bridgehead atoms. The summed E-state index contributed by atoms with van der Waals surface area (Å²) >= 11 is 1.68. The van der Waals surface area contributed by atoms with Gasteiger partial charge in [0.1, 0.15) is 0 Å². The minimum absolute atomic E-state index is 0.241. The number of amides is 1. The molecule has 4 rings (SSSR count). The van der Waals surface area contributed by atoms with Crippen LogP contribution in [0.15, 0.2) is 41.8 Å². The third-order valence-electron chi connectivity index (χ3n) is 4.86. The normalized spacial score (nSPS) is 26.7. The molecule has 2 atom stereocenters. The van der Waals surface area contributed by atoms with Crippen LogP contribution in [0.2, 0.25) is 0 Å². The van der Waals surface area contributed by atoms with Crippen molar-refractivity contribution in [2.75, 3.05) is 18.0 Å². The lowest BCUT2D eigenvalue weighted by Gasteiger charge is -2.24. The Labute approximate surface area is 128 Å². The van der Waals surface area contributed by atoms with Gasteiger partial charge >= 0.3 is 0 Å². The first-order chi connectivity index (χ1) is 10.3. The van der Waals surface area contributed by atoms with Crippen LogP contribution in [-0.4, -0.2) is 19.0 Å². The highest BCUT2D eigenvalue weighted by Gasteiger charge is 2.62. The van der Waals surface area contributed by atoms with Crippen molar-refractivity contribution in [2.45, 2.75) is 18.3 Å². The largest absolute Gasteiger partial charge is 0.330 e. The zero-order chi connectivity index (χ0) is 14.4. The second-order valence-corrected chi connectivity index (χ2v) is 6.87. The average molecular weight is 298 g/mol.